The lowest BCUT2D eigenvalue weighted by Gasteiger charge is -2.18. The molecule has 0 aliphatic rings. The lowest BCUT2D eigenvalue weighted by Crippen LogP contribution is -2.26. The Labute approximate surface area is 135 Å². The second kappa shape index (κ2) is 6.43. The molecule has 0 saturated carbocycles. The highest BCUT2D eigenvalue weighted by Gasteiger charge is 2.18. The predicted octanol–water partition coefficient (Wildman–Crippen LogP) is 4.72. The Morgan fingerprint density at radius 3 is 2.48 bits per heavy atom. The van der Waals surface area contributed by atoms with E-state index in [4.69, 9.17) is 23.2 Å². The van der Waals surface area contributed by atoms with Crippen LogP contribution in [0.3, 0.4) is 0 Å². The number of para-hydroxylation sites is 1. The van der Waals surface area contributed by atoms with Gasteiger partial charge >= 0.3 is 6.03 Å². The summed E-state index contributed by atoms with van der Waals surface area (Å²) < 4.78 is 14.0. The van der Waals surface area contributed by atoms with E-state index in [1.807, 2.05) is 0 Å². The number of nitrogens with one attached hydrogen (secondary N) is 1. The Morgan fingerprint density at radius 1 is 1.24 bits per heavy atom. The van der Waals surface area contributed by atoms with Gasteiger partial charge in [-0.25, -0.2) is 13.5 Å². The van der Waals surface area contributed by atoms with Gasteiger partial charge in [0.2, 0.25) is 0 Å². The summed E-state index contributed by atoms with van der Waals surface area (Å²) in [5.74, 6) is -1.53. The highest BCUT2D eigenvalue weighted by Crippen LogP contribution is 2.31. The molecule has 0 radical (unpaired) electrons. The second-order valence-electron chi connectivity index (χ2n) is 4.01. The molecule has 2 aromatic rings. The average Bonchev–Trinajstić information content (AvgIpc) is 2.40. The number of carbonyl (C=O) groups excluding carboxylic acids is 1. The molecule has 0 unspecified atom stereocenters. The van der Waals surface area contributed by atoms with Crippen molar-refractivity contribution in [3.8, 4) is 5.75 Å². The molecule has 2 aromatic carbocycles. The first-order valence-corrected chi connectivity index (χ1v) is 6.77. The number of phenolic OH excluding ortho intramolecular Hbond substituents is 1. The quantitative estimate of drug-likeness (QED) is 0.689. The van der Waals surface area contributed by atoms with Crippen molar-refractivity contribution in [2.24, 2.45) is 0 Å². The maximum Gasteiger partial charge on any atom is 0.336 e. The molecule has 0 bridgehead atoms. The van der Waals surface area contributed by atoms with Gasteiger partial charge in [0.1, 0.15) is 5.69 Å². The highest BCUT2D eigenvalue weighted by molar-refractivity contribution is 7.82. The number of thiol groups is 1. The number of carbonyl (C=O) groups is 1. The van der Waals surface area contributed by atoms with Gasteiger partial charge in [-0.3, -0.25) is 0 Å². The van der Waals surface area contributed by atoms with Gasteiger partial charge in [-0.2, -0.15) is 0 Å². The number of nitrogens with zero attached hydrogens (tertiary/aromatic N) is 1. The third-order valence-corrected chi connectivity index (χ3v) is 3.33. The summed E-state index contributed by atoms with van der Waals surface area (Å²) in [6.07, 6.45) is 0. The van der Waals surface area contributed by atoms with Crippen LogP contribution in [-0.4, -0.2) is 11.1 Å². The van der Waals surface area contributed by atoms with E-state index in [0.29, 0.717) is 15.7 Å². The lowest BCUT2D eigenvalue weighted by molar-refractivity contribution is 0.260. The van der Waals surface area contributed by atoms with Crippen LogP contribution in [0.1, 0.15) is 0 Å². The van der Waals surface area contributed by atoms with Gasteiger partial charge < -0.3 is 10.4 Å². The van der Waals surface area contributed by atoms with Gasteiger partial charge in [0, 0.05) is 15.7 Å². The van der Waals surface area contributed by atoms with Gasteiger partial charge in [0.05, 0.1) is 0 Å². The smallest absolute Gasteiger partial charge is 0.336 e. The molecule has 110 valence electrons. The van der Waals surface area contributed by atoms with E-state index in [9.17, 15) is 14.3 Å². The van der Waals surface area contributed by atoms with Crippen LogP contribution >= 0.6 is 36.0 Å². The van der Waals surface area contributed by atoms with Crippen molar-refractivity contribution in [1.29, 1.82) is 0 Å². The van der Waals surface area contributed by atoms with Crippen molar-refractivity contribution in [2.75, 3.05) is 9.62 Å². The van der Waals surface area contributed by atoms with Crippen molar-refractivity contribution in [3.05, 3.63) is 52.3 Å². The minimum absolute atomic E-state index is 0.0936. The first-order valence-electron chi connectivity index (χ1n) is 5.62. The van der Waals surface area contributed by atoms with E-state index < -0.39 is 17.6 Å². The van der Waals surface area contributed by atoms with E-state index in [1.165, 1.54) is 30.3 Å². The minimum Gasteiger partial charge on any atom is -0.503 e. The lowest BCUT2D eigenvalue weighted by atomic mass is 10.3. The molecule has 0 aromatic heterocycles. The van der Waals surface area contributed by atoms with E-state index >= 15 is 0 Å². The summed E-state index contributed by atoms with van der Waals surface area (Å²) >= 11 is 15.6. The summed E-state index contributed by atoms with van der Waals surface area (Å²) in [6, 6.07) is 7.52. The fourth-order valence-electron chi connectivity index (χ4n) is 1.59. The van der Waals surface area contributed by atoms with Gasteiger partial charge in [0.25, 0.3) is 0 Å². The molecule has 2 amide bonds. The molecule has 21 heavy (non-hydrogen) atoms. The Bertz CT molecular complexity index is 680. The van der Waals surface area contributed by atoms with Crippen molar-refractivity contribution in [3.63, 3.8) is 0 Å². The standard InChI is InChI=1S/C13H9Cl2FN2O2S/c14-7-4-8(15)6-9(5-7)17-13(20)18(21)11-3-1-2-10(16)12(11)19/h1-6,19,21H,(H,17,20). The van der Waals surface area contributed by atoms with Gasteiger partial charge in [0.15, 0.2) is 11.6 Å². The molecule has 0 atom stereocenters. The number of halogens is 3. The van der Waals surface area contributed by atoms with Crippen LogP contribution in [0.5, 0.6) is 5.75 Å². The molecular weight excluding hydrogens is 338 g/mol. The molecule has 0 saturated heterocycles. The fourth-order valence-corrected chi connectivity index (χ4v) is 2.32. The third-order valence-electron chi connectivity index (χ3n) is 2.50. The van der Waals surface area contributed by atoms with Crippen LogP contribution in [0.25, 0.3) is 0 Å². The van der Waals surface area contributed by atoms with Crippen LogP contribution in [0.15, 0.2) is 36.4 Å². The first-order chi connectivity index (χ1) is 9.88. The maximum absolute atomic E-state index is 13.3. The van der Waals surface area contributed by atoms with Crippen molar-refractivity contribution < 1.29 is 14.3 Å². The van der Waals surface area contributed by atoms with E-state index in [0.717, 1.165) is 10.4 Å². The van der Waals surface area contributed by atoms with Crippen LogP contribution in [0, 0.1) is 5.82 Å². The summed E-state index contributed by atoms with van der Waals surface area (Å²) in [7, 11) is 0. The molecule has 0 aliphatic heterocycles. The first kappa shape index (κ1) is 15.8. The fraction of sp³-hybridized carbons (Fsp3) is 0. The zero-order valence-corrected chi connectivity index (χ0v) is 12.8. The maximum atomic E-state index is 13.3. The van der Waals surface area contributed by atoms with Gasteiger partial charge in [-0.05, 0) is 30.3 Å². The summed E-state index contributed by atoms with van der Waals surface area (Å²) in [5, 5.41) is 12.7. The number of urea groups is 1. The molecule has 2 rings (SSSR count). The van der Waals surface area contributed by atoms with Crippen molar-refractivity contribution in [1.82, 2.24) is 0 Å². The number of aromatic hydroxyl groups is 1. The Morgan fingerprint density at radius 2 is 1.86 bits per heavy atom. The largest absolute Gasteiger partial charge is 0.503 e. The third kappa shape index (κ3) is 3.72. The number of anilines is 2. The molecule has 0 spiro atoms. The second-order valence-corrected chi connectivity index (χ2v) is 5.28. The number of rotatable bonds is 2. The van der Waals surface area contributed by atoms with E-state index in [2.05, 4.69) is 18.1 Å². The number of amides is 2. The Balaban J connectivity index is 2.21. The zero-order chi connectivity index (χ0) is 15.6. The molecule has 0 aliphatic carbocycles. The Kier molecular flexibility index (Phi) is 4.82. The van der Waals surface area contributed by atoms with Gasteiger partial charge in [-0.15, -0.1) is 0 Å². The summed E-state index contributed by atoms with van der Waals surface area (Å²) in [4.78, 5) is 12.0. The number of phenols is 1. The summed E-state index contributed by atoms with van der Waals surface area (Å²) in [5.41, 5.74) is 0.247. The zero-order valence-electron chi connectivity index (χ0n) is 10.3. The highest BCUT2D eigenvalue weighted by atomic mass is 35.5. The number of benzene rings is 2. The Hall–Kier alpha value is -1.63. The molecule has 4 nitrogen and oxygen atoms in total. The number of hydrogen-bond donors (Lipinski definition) is 3. The van der Waals surface area contributed by atoms with Crippen molar-refractivity contribution >= 4 is 53.4 Å². The molecule has 2 N–H and O–H groups in total. The predicted molar refractivity (Wildman–Crippen MR) is 85.0 cm³/mol. The van der Waals surface area contributed by atoms with Gasteiger partial charge in [-0.1, -0.05) is 42.1 Å². The SMILES string of the molecule is O=C(Nc1cc(Cl)cc(Cl)c1)N(S)c1cccc(F)c1O. The normalized spacial score (nSPS) is 10.3. The van der Waals surface area contributed by atoms with Crippen molar-refractivity contribution in [2.45, 2.75) is 0 Å². The van der Waals surface area contributed by atoms with Crippen LogP contribution in [-0.2, 0) is 0 Å². The van der Waals surface area contributed by atoms with Crippen LogP contribution in [0.4, 0.5) is 20.6 Å². The topological polar surface area (TPSA) is 52.6 Å². The van der Waals surface area contributed by atoms with E-state index in [1.54, 1.807) is 0 Å². The molecule has 0 heterocycles. The monoisotopic (exact) mass is 346 g/mol. The molecule has 0 fully saturated rings. The molecular formula is C13H9Cl2FN2O2S. The minimum atomic E-state index is -0.856. The van der Waals surface area contributed by atoms with E-state index in [-0.39, 0.29) is 5.69 Å². The average molecular weight is 347 g/mol. The van der Waals surface area contributed by atoms with Crippen LogP contribution < -0.4 is 9.62 Å². The molecule has 8 heteroatoms. The van der Waals surface area contributed by atoms with Crippen LogP contribution in [0.2, 0.25) is 10.0 Å². The number of hydrogen-bond acceptors (Lipinski definition) is 3. The summed E-state index contributed by atoms with van der Waals surface area (Å²) in [6.45, 7) is 0.